The van der Waals surface area contributed by atoms with E-state index in [1.165, 1.54) is 4.90 Å². The average Bonchev–Trinajstić information content (AvgIpc) is 2.99. The predicted octanol–water partition coefficient (Wildman–Crippen LogP) is 7.19. The number of halogens is 3. The maximum absolute atomic E-state index is 14.5. The summed E-state index contributed by atoms with van der Waals surface area (Å²) in [6.45, 7) is 6.50. The van der Waals surface area contributed by atoms with Gasteiger partial charge in [0.05, 0.1) is 10.6 Å². The number of benzene rings is 4. The lowest BCUT2D eigenvalue weighted by Crippen LogP contribution is -2.56. The van der Waals surface area contributed by atoms with Crippen LogP contribution >= 0.6 is 23.2 Å². The second-order valence-electron chi connectivity index (χ2n) is 12.0. The number of anilines is 1. The first-order valence-corrected chi connectivity index (χ1v) is 16.8. The summed E-state index contributed by atoms with van der Waals surface area (Å²) in [6.07, 6.45) is 0.131. The lowest BCUT2D eigenvalue weighted by molar-refractivity contribution is -0.140. The topological polar surface area (TPSA) is 86.8 Å². The quantitative estimate of drug-likeness (QED) is 0.181. The summed E-state index contributed by atoms with van der Waals surface area (Å²) in [5.41, 5.74) is 1.66. The van der Waals surface area contributed by atoms with Crippen LogP contribution in [0.4, 0.5) is 10.1 Å². The van der Waals surface area contributed by atoms with E-state index in [0.717, 1.165) is 39.7 Å². The highest BCUT2D eigenvalue weighted by Gasteiger charge is 2.36. The number of hydrogen-bond donors (Lipinski definition) is 1. The molecule has 0 unspecified atom stereocenters. The summed E-state index contributed by atoms with van der Waals surface area (Å²) in [4.78, 5) is 29.6. The van der Waals surface area contributed by atoms with Crippen molar-refractivity contribution in [3.05, 3.63) is 130 Å². The highest BCUT2D eigenvalue weighted by Crippen LogP contribution is 2.29. The number of sulfonamides is 1. The monoisotopic (exact) mass is 683 g/mol. The van der Waals surface area contributed by atoms with E-state index in [4.69, 9.17) is 23.2 Å². The molecule has 0 saturated carbocycles. The van der Waals surface area contributed by atoms with E-state index in [9.17, 15) is 22.4 Å². The zero-order valence-electron chi connectivity index (χ0n) is 26.0. The van der Waals surface area contributed by atoms with Gasteiger partial charge in [0.2, 0.25) is 11.8 Å². The molecule has 1 atom stereocenters. The van der Waals surface area contributed by atoms with E-state index in [0.29, 0.717) is 5.56 Å². The van der Waals surface area contributed by atoms with Gasteiger partial charge >= 0.3 is 0 Å². The molecule has 0 radical (unpaired) electrons. The molecular weight excluding hydrogens is 648 g/mol. The van der Waals surface area contributed by atoms with Gasteiger partial charge in [0, 0.05) is 34.1 Å². The maximum Gasteiger partial charge on any atom is 0.264 e. The Bertz CT molecular complexity index is 1760. The molecule has 0 aliphatic heterocycles. The zero-order valence-corrected chi connectivity index (χ0v) is 28.3. The molecule has 0 aliphatic rings. The van der Waals surface area contributed by atoms with E-state index in [1.807, 2.05) is 58.0 Å². The first-order valence-electron chi connectivity index (χ1n) is 14.6. The number of nitrogens with one attached hydrogen (secondary N) is 1. The molecule has 0 saturated heterocycles. The van der Waals surface area contributed by atoms with Crippen molar-refractivity contribution in [1.29, 1.82) is 0 Å². The van der Waals surface area contributed by atoms with E-state index < -0.39 is 45.8 Å². The molecule has 2 amide bonds. The third-order valence-electron chi connectivity index (χ3n) is 7.16. The van der Waals surface area contributed by atoms with Crippen LogP contribution in [0.2, 0.25) is 10.0 Å². The molecule has 0 fully saturated rings. The van der Waals surface area contributed by atoms with Crippen LogP contribution in [0.15, 0.2) is 102 Å². The fraction of sp³-hybridized carbons (Fsp3) is 0.257. The number of carbonyl (C=O) groups excluding carboxylic acids is 2. The molecule has 0 heterocycles. The van der Waals surface area contributed by atoms with Crippen LogP contribution in [-0.2, 0) is 32.6 Å². The average molecular weight is 685 g/mol. The lowest BCUT2D eigenvalue weighted by atomic mass is 10.0. The normalized spacial score (nSPS) is 12.3. The van der Waals surface area contributed by atoms with Crippen molar-refractivity contribution >= 4 is 50.7 Å². The number of nitrogens with zero attached hydrogens (tertiary/aromatic N) is 2. The highest BCUT2D eigenvalue weighted by molar-refractivity contribution is 7.92. The highest BCUT2D eigenvalue weighted by atomic mass is 35.5. The number of hydrogen-bond acceptors (Lipinski definition) is 4. The van der Waals surface area contributed by atoms with E-state index in [-0.39, 0.29) is 33.6 Å². The molecule has 4 aromatic rings. The van der Waals surface area contributed by atoms with Gasteiger partial charge in [0.15, 0.2) is 0 Å². The van der Waals surface area contributed by atoms with Crippen LogP contribution in [0.1, 0.15) is 37.5 Å². The van der Waals surface area contributed by atoms with Gasteiger partial charge in [-0.25, -0.2) is 12.8 Å². The molecule has 0 bridgehead atoms. The SMILES string of the molecule is Cc1ccc(N(CC(=O)N(Cc2c(Cl)cccc2Cl)[C@H](Cc2ccccc2)C(=O)NC(C)(C)C)S(=O)(=O)c2ccc(F)cc2)cc1. The van der Waals surface area contributed by atoms with Crippen molar-refractivity contribution in [3.63, 3.8) is 0 Å². The number of aryl methyl sites for hydroxylation is 1. The molecular formula is C35H36Cl2FN3O4S. The lowest BCUT2D eigenvalue weighted by Gasteiger charge is -2.35. The molecule has 1 N–H and O–H groups in total. The Kier molecular flexibility index (Phi) is 11.1. The van der Waals surface area contributed by atoms with Gasteiger partial charge in [-0.15, -0.1) is 0 Å². The van der Waals surface area contributed by atoms with Crippen molar-refractivity contribution in [3.8, 4) is 0 Å². The van der Waals surface area contributed by atoms with Crippen LogP contribution in [0.3, 0.4) is 0 Å². The van der Waals surface area contributed by atoms with Crippen LogP contribution in [0.5, 0.6) is 0 Å². The second kappa shape index (κ2) is 14.7. The summed E-state index contributed by atoms with van der Waals surface area (Å²) in [5, 5.41) is 3.55. The fourth-order valence-electron chi connectivity index (χ4n) is 4.83. The third kappa shape index (κ3) is 8.87. The second-order valence-corrected chi connectivity index (χ2v) is 14.6. The number of amides is 2. The van der Waals surface area contributed by atoms with Crippen molar-refractivity contribution < 1.29 is 22.4 Å². The number of carbonyl (C=O) groups is 2. The summed E-state index contributed by atoms with van der Waals surface area (Å²) in [5.74, 6) is -1.71. The smallest absolute Gasteiger partial charge is 0.264 e. The van der Waals surface area contributed by atoms with Crippen molar-refractivity contribution in [1.82, 2.24) is 10.2 Å². The molecule has 0 aromatic heterocycles. The molecule has 4 aromatic carbocycles. The van der Waals surface area contributed by atoms with Crippen molar-refractivity contribution in [2.75, 3.05) is 10.8 Å². The summed E-state index contributed by atoms with van der Waals surface area (Å²) < 4.78 is 42.8. The molecule has 7 nitrogen and oxygen atoms in total. The molecule has 46 heavy (non-hydrogen) atoms. The zero-order chi connectivity index (χ0) is 33.6. The van der Waals surface area contributed by atoms with Crippen molar-refractivity contribution in [2.45, 2.75) is 57.1 Å². The Morgan fingerprint density at radius 3 is 2.00 bits per heavy atom. The standard InChI is InChI=1S/C35H36Cl2FN3O4S/c1-24-13-17-27(18-14-24)41(46(44,45)28-19-15-26(38)16-20-28)23-33(42)40(22-29-30(36)11-8-12-31(29)37)32(34(43)39-35(2,3)4)21-25-9-6-5-7-10-25/h5-20,32H,21-23H2,1-4H3,(H,39,43)/t32-/m1/s1. The molecule has 0 aliphatic carbocycles. The van der Waals surface area contributed by atoms with E-state index in [1.54, 1.807) is 42.5 Å². The van der Waals surface area contributed by atoms with Gasteiger partial charge in [-0.2, -0.15) is 0 Å². The molecule has 11 heteroatoms. The Morgan fingerprint density at radius 1 is 0.848 bits per heavy atom. The molecule has 4 rings (SSSR count). The minimum absolute atomic E-state index is 0.131. The predicted molar refractivity (Wildman–Crippen MR) is 181 cm³/mol. The minimum atomic E-state index is -4.37. The number of rotatable bonds is 11. The third-order valence-corrected chi connectivity index (χ3v) is 9.66. The molecule has 242 valence electrons. The summed E-state index contributed by atoms with van der Waals surface area (Å²) in [6, 6.07) is 24.1. The van der Waals surface area contributed by atoms with Gasteiger partial charge in [0.25, 0.3) is 10.0 Å². The first-order chi connectivity index (χ1) is 21.7. The van der Waals surface area contributed by atoms with Gasteiger partial charge in [-0.1, -0.05) is 77.3 Å². The Balaban J connectivity index is 1.85. The van der Waals surface area contributed by atoms with Crippen molar-refractivity contribution in [2.24, 2.45) is 0 Å². The molecule has 0 spiro atoms. The minimum Gasteiger partial charge on any atom is -0.350 e. The largest absolute Gasteiger partial charge is 0.350 e. The van der Waals surface area contributed by atoms with Gasteiger partial charge in [-0.05, 0) is 81.8 Å². The van der Waals surface area contributed by atoms with Crippen LogP contribution in [0, 0.1) is 12.7 Å². The fourth-order valence-corrected chi connectivity index (χ4v) is 6.77. The Hall–Kier alpha value is -3.92. The van der Waals surface area contributed by atoms with Gasteiger partial charge < -0.3 is 10.2 Å². The summed E-state index contributed by atoms with van der Waals surface area (Å²) >= 11 is 13.1. The Labute approximate surface area is 280 Å². The van der Waals surface area contributed by atoms with E-state index >= 15 is 0 Å². The maximum atomic E-state index is 14.5. The Morgan fingerprint density at radius 2 is 1.43 bits per heavy atom. The van der Waals surface area contributed by atoms with Crippen LogP contribution in [0.25, 0.3) is 0 Å². The van der Waals surface area contributed by atoms with Crippen LogP contribution < -0.4 is 9.62 Å². The van der Waals surface area contributed by atoms with Crippen LogP contribution in [-0.4, -0.2) is 43.3 Å². The van der Waals surface area contributed by atoms with Gasteiger partial charge in [0.1, 0.15) is 18.4 Å². The van der Waals surface area contributed by atoms with Gasteiger partial charge in [-0.3, -0.25) is 13.9 Å². The summed E-state index contributed by atoms with van der Waals surface area (Å²) in [7, 11) is -4.37. The first kappa shape index (κ1) is 34.9. The van der Waals surface area contributed by atoms with E-state index in [2.05, 4.69) is 5.32 Å².